The predicted molar refractivity (Wildman–Crippen MR) is 130 cm³/mol. The minimum atomic E-state index is -1.54. The molecule has 160 valence electrons. The van der Waals surface area contributed by atoms with Crippen LogP contribution in [0, 0.1) is 17.4 Å². The predicted octanol–water partition coefficient (Wildman–Crippen LogP) is 5.88. The summed E-state index contributed by atoms with van der Waals surface area (Å²) in [6.07, 6.45) is 5.60. The van der Waals surface area contributed by atoms with Gasteiger partial charge in [-0.1, -0.05) is 105 Å². The molecule has 3 heteroatoms. The summed E-state index contributed by atoms with van der Waals surface area (Å²) in [5.41, 5.74) is 6.12. The van der Waals surface area contributed by atoms with Crippen molar-refractivity contribution in [2.45, 2.75) is 77.0 Å². The molecule has 2 atom stereocenters. The molecular weight excluding hydrogens is 382 g/mol. The van der Waals surface area contributed by atoms with Crippen molar-refractivity contribution < 1.29 is 5.11 Å². The summed E-state index contributed by atoms with van der Waals surface area (Å²) in [5.74, 6) is 3.94. The third kappa shape index (κ3) is 7.13. The minimum absolute atomic E-state index is 0.139. The molecule has 1 saturated carbocycles. The lowest BCUT2D eigenvalue weighted by atomic mass is 9.82. The molecule has 0 bridgehead atoms. The first-order chi connectivity index (χ1) is 14.4. The fourth-order valence-electron chi connectivity index (χ4n) is 4.31. The summed E-state index contributed by atoms with van der Waals surface area (Å²) < 4.78 is 0. The third-order valence-corrected chi connectivity index (χ3v) is 6.80. The number of benzene rings is 2. The average molecular weight is 420 g/mol. The largest absolute Gasteiger partial charge is 0.390 e. The Bertz CT molecular complexity index is 771. The van der Waals surface area contributed by atoms with Crippen LogP contribution < -0.4 is 0 Å². The molecule has 0 unspecified atom stereocenters. The number of hydrogen-bond acceptors (Lipinski definition) is 2. The van der Waals surface area contributed by atoms with Gasteiger partial charge in [-0.05, 0) is 29.9 Å². The van der Waals surface area contributed by atoms with Crippen molar-refractivity contribution in [2.75, 3.05) is 0 Å². The summed E-state index contributed by atoms with van der Waals surface area (Å²) in [5, 5.41) is 11.5. The summed E-state index contributed by atoms with van der Waals surface area (Å²) in [6.45, 7) is 8.43. The van der Waals surface area contributed by atoms with E-state index in [1.165, 1.54) is 30.4 Å². The van der Waals surface area contributed by atoms with Gasteiger partial charge in [-0.25, -0.2) is 0 Å². The lowest BCUT2D eigenvalue weighted by molar-refractivity contribution is 0.0150. The van der Waals surface area contributed by atoms with E-state index in [0.29, 0.717) is 5.92 Å². The molecule has 3 rings (SSSR count). The normalized spacial score (nSPS) is 17.2. The van der Waals surface area contributed by atoms with Gasteiger partial charge in [-0.15, -0.1) is 5.54 Å². The lowest BCUT2D eigenvalue weighted by Gasteiger charge is -2.37. The Labute approximate surface area is 184 Å². The van der Waals surface area contributed by atoms with E-state index in [2.05, 4.69) is 96.7 Å². The maximum absolute atomic E-state index is 11.5. The van der Waals surface area contributed by atoms with Gasteiger partial charge in [0.25, 0.3) is 0 Å². The summed E-state index contributed by atoms with van der Waals surface area (Å²) in [7, 11) is -1.54. The molecule has 1 aliphatic rings. The highest BCUT2D eigenvalue weighted by molar-refractivity contribution is 6.83. The molecule has 2 aromatic rings. The Morgan fingerprint density at radius 1 is 0.867 bits per heavy atom. The van der Waals surface area contributed by atoms with E-state index in [1.807, 2.05) is 0 Å². The molecule has 2 aromatic carbocycles. The first kappa shape index (κ1) is 22.8. The van der Waals surface area contributed by atoms with Crippen LogP contribution in [0.5, 0.6) is 0 Å². The van der Waals surface area contributed by atoms with Crippen molar-refractivity contribution in [2.24, 2.45) is 5.92 Å². The number of nitrogens with zero attached hydrogens (tertiary/aromatic N) is 1. The van der Waals surface area contributed by atoms with E-state index >= 15 is 0 Å². The topological polar surface area (TPSA) is 23.5 Å². The van der Waals surface area contributed by atoms with E-state index in [0.717, 1.165) is 25.9 Å². The summed E-state index contributed by atoms with van der Waals surface area (Å²) in [4.78, 5) is 2.40. The Balaban J connectivity index is 1.93. The van der Waals surface area contributed by atoms with Gasteiger partial charge in [0.2, 0.25) is 0 Å². The van der Waals surface area contributed by atoms with Crippen molar-refractivity contribution in [3.05, 3.63) is 71.8 Å². The van der Waals surface area contributed by atoms with Gasteiger partial charge < -0.3 is 5.11 Å². The Hall–Kier alpha value is -1.86. The van der Waals surface area contributed by atoms with Crippen molar-refractivity contribution in [1.82, 2.24) is 4.90 Å². The van der Waals surface area contributed by atoms with E-state index < -0.39 is 14.2 Å². The summed E-state index contributed by atoms with van der Waals surface area (Å²) in [6, 6.07) is 21.1. The van der Waals surface area contributed by atoms with Crippen LogP contribution in [0.15, 0.2) is 60.7 Å². The SMILES string of the molecule is C[Si](C)(C)C#C[C@H]([C@H](O)C1CCCCC1)N(Cc1ccccc1)Cc1ccccc1. The Kier molecular flexibility index (Phi) is 8.33. The smallest absolute Gasteiger partial charge is 0.129 e. The minimum Gasteiger partial charge on any atom is -0.390 e. The van der Waals surface area contributed by atoms with E-state index in [-0.39, 0.29) is 6.04 Å². The van der Waals surface area contributed by atoms with Crippen LogP contribution in [0.4, 0.5) is 0 Å². The highest BCUT2D eigenvalue weighted by Crippen LogP contribution is 2.30. The second-order valence-electron chi connectivity index (χ2n) is 9.73. The zero-order valence-corrected chi connectivity index (χ0v) is 19.8. The molecule has 2 nitrogen and oxygen atoms in total. The van der Waals surface area contributed by atoms with Crippen molar-refractivity contribution in [1.29, 1.82) is 0 Å². The number of aliphatic hydroxyl groups excluding tert-OH is 1. The average Bonchev–Trinajstić information content (AvgIpc) is 2.75. The van der Waals surface area contributed by atoms with Crippen LogP contribution in [0.2, 0.25) is 19.6 Å². The van der Waals surface area contributed by atoms with E-state index in [1.54, 1.807) is 0 Å². The first-order valence-electron chi connectivity index (χ1n) is 11.4. The van der Waals surface area contributed by atoms with Gasteiger partial charge in [0.05, 0.1) is 12.1 Å². The quantitative estimate of drug-likeness (QED) is 0.447. The molecular formula is C27H37NOSi. The fourth-order valence-corrected chi connectivity index (χ4v) is 4.89. The molecule has 0 radical (unpaired) electrons. The van der Waals surface area contributed by atoms with Crippen molar-refractivity contribution in [3.8, 4) is 11.5 Å². The Morgan fingerprint density at radius 2 is 1.37 bits per heavy atom. The molecule has 30 heavy (non-hydrogen) atoms. The maximum atomic E-state index is 11.5. The van der Waals surface area contributed by atoms with Crippen LogP contribution >= 0.6 is 0 Å². The number of rotatable bonds is 7. The molecule has 0 heterocycles. The lowest BCUT2D eigenvalue weighted by Crippen LogP contribution is -2.46. The van der Waals surface area contributed by atoms with E-state index in [4.69, 9.17) is 0 Å². The second-order valence-corrected chi connectivity index (χ2v) is 14.5. The van der Waals surface area contributed by atoms with Gasteiger partial charge >= 0.3 is 0 Å². The molecule has 0 amide bonds. The second kappa shape index (κ2) is 11.0. The standard InChI is InChI=1S/C27H37NOSi/c1-30(2,3)20-19-26(27(29)25-17-11-6-12-18-25)28(21-23-13-7-4-8-14-23)22-24-15-9-5-10-16-24/h4-5,7-10,13-16,25-27,29H,6,11-12,17-18,21-22H2,1-3H3/t26-,27-/m1/s1. The van der Waals surface area contributed by atoms with Crippen LogP contribution in [0.1, 0.15) is 43.2 Å². The number of hydrogen-bond donors (Lipinski definition) is 1. The van der Waals surface area contributed by atoms with Crippen molar-refractivity contribution >= 4 is 8.07 Å². The fraction of sp³-hybridized carbons (Fsp3) is 0.481. The van der Waals surface area contributed by atoms with Gasteiger partial charge in [0.15, 0.2) is 0 Å². The van der Waals surface area contributed by atoms with Crippen LogP contribution in [-0.2, 0) is 13.1 Å². The van der Waals surface area contributed by atoms with Gasteiger partial charge in [0.1, 0.15) is 8.07 Å². The molecule has 0 aromatic heterocycles. The number of aliphatic hydroxyl groups is 1. The zero-order valence-electron chi connectivity index (χ0n) is 18.8. The highest BCUT2D eigenvalue weighted by atomic mass is 28.3. The monoisotopic (exact) mass is 419 g/mol. The molecule has 1 N–H and O–H groups in total. The highest BCUT2D eigenvalue weighted by Gasteiger charge is 2.32. The van der Waals surface area contributed by atoms with Gasteiger partial charge in [-0.3, -0.25) is 4.90 Å². The molecule has 1 aliphatic carbocycles. The van der Waals surface area contributed by atoms with Gasteiger partial charge in [0, 0.05) is 13.1 Å². The molecule has 1 fully saturated rings. The summed E-state index contributed by atoms with van der Waals surface area (Å²) >= 11 is 0. The van der Waals surface area contributed by atoms with Crippen LogP contribution in [0.25, 0.3) is 0 Å². The van der Waals surface area contributed by atoms with Crippen molar-refractivity contribution in [3.63, 3.8) is 0 Å². The molecule has 0 spiro atoms. The Morgan fingerprint density at radius 3 is 1.83 bits per heavy atom. The zero-order chi connectivity index (χ0) is 21.4. The van der Waals surface area contributed by atoms with Crippen LogP contribution in [0.3, 0.4) is 0 Å². The maximum Gasteiger partial charge on any atom is 0.129 e. The van der Waals surface area contributed by atoms with Gasteiger partial charge in [-0.2, -0.15) is 0 Å². The molecule has 0 saturated heterocycles. The third-order valence-electron chi connectivity index (χ3n) is 5.90. The first-order valence-corrected chi connectivity index (χ1v) is 14.9. The molecule has 0 aliphatic heterocycles. The van der Waals surface area contributed by atoms with E-state index in [9.17, 15) is 5.11 Å². The van der Waals surface area contributed by atoms with Crippen LogP contribution in [-0.4, -0.2) is 30.2 Å².